The number of carboxylic acid groups (broad SMARTS) is 1. The van der Waals surface area contributed by atoms with Crippen LogP contribution >= 0.6 is 0 Å². The normalized spacial score (nSPS) is 21.2. The van der Waals surface area contributed by atoms with Crippen LogP contribution in [0.4, 0.5) is 10.5 Å². The van der Waals surface area contributed by atoms with Gasteiger partial charge in [-0.05, 0) is 18.9 Å². The molecule has 2 unspecified atom stereocenters. The zero-order valence-corrected chi connectivity index (χ0v) is 11.1. The molecule has 0 spiro atoms. The summed E-state index contributed by atoms with van der Waals surface area (Å²) in [6.45, 7) is 0. The van der Waals surface area contributed by atoms with Gasteiger partial charge in [0.25, 0.3) is 0 Å². The number of nitrogens with one attached hydrogen (secondary N) is 2. The predicted molar refractivity (Wildman–Crippen MR) is 71.7 cm³/mol. The number of hydrogen-bond donors (Lipinski definition) is 3. The van der Waals surface area contributed by atoms with Crippen LogP contribution in [0.2, 0.25) is 0 Å². The Hall–Kier alpha value is -2.31. The van der Waals surface area contributed by atoms with E-state index in [2.05, 4.69) is 15.6 Å². The molecule has 7 heteroatoms. The fourth-order valence-corrected chi connectivity index (χ4v) is 2.34. The number of carbonyl (C=O) groups is 2. The molecule has 1 aliphatic carbocycles. The maximum Gasteiger partial charge on any atom is 0.319 e. The molecule has 108 valence electrons. The Balaban J connectivity index is 1.90. The molecule has 0 bridgehead atoms. The van der Waals surface area contributed by atoms with Gasteiger partial charge in [0, 0.05) is 12.1 Å². The highest BCUT2D eigenvalue weighted by Gasteiger charge is 2.33. The molecule has 1 saturated carbocycles. The monoisotopic (exact) mass is 279 g/mol. The van der Waals surface area contributed by atoms with Crippen LogP contribution in [-0.2, 0) is 4.79 Å². The minimum absolute atomic E-state index is 0.321. The van der Waals surface area contributed by atoms with Gasteiger partial charge in [0.05, 0.1) is 24.9 Å². The van der Waals surface area contributed by atoms with Crippen molar-refractivity contribution < 1.29 is 19.4 Å². The third kappa shape index (κ3) is 3.37. The molecule has 1 aromatic rings. The molecule has 2 amide bonds. The maximum absolute atomic E-state index is 11.8. The van der Waals surface area contributed by atoms with E-state index in [4.69, 9.17) is 9.84 Å². The first-order valence-corrected chi connectivity index (χ1v) is 6.40. The van der Waals surface area contributed by atoms with E-state index in [-0.39, 0.29) is 6.04 Å². The third-order valence-corrected chi connectivity index (χ3v) is 3.35. The lowest BCUT2D eigenvalue weighted by Gasteiger charge is -2.17. The van der Waals surface area contributed by atoms with Crippen LogP contribution in [0.15, 0.2) is 18.3 Å². The number of carbonyl (C=O) groups excluding carboxylic acids is 1. The van der Waals surface area contributed by atoms with E-state index in [0.29, 0.717) is 24.4 Å². The molecule has 1 aliphatic rings. The number of aromatic nitrogens is 1. The van der Waals surface area contributed by atoms with Crippen molar-refractivity contribution in [1.29, 1.82) is 0 Å². The number of carboxylic acids is 1. The first kappa shape index (κ1) is 14.1. The summed E-state index contributed by atoms with van der Waals surface area (Å²) >= 11 is 0. The van der Waals surface area contributed by atoms with Gasteiger partial charge in [-0.15, -0.1) is 0 Å². The molecule has 3 N–H and O–H groups in total. The van der Waals surface area contributed by atoms with Gasteiger partial charge in [-0.25, -0.2) is 9.78 Å². The number of rotatable bonds is 4. The number of pyridine rings is 1. The Labute approximate surface area is 116 Å². The van der Waals surface area contributed by atoms with Crippen LogP contribution in [0.25, 0.3) is 0 Å². The Kier molecular flexibility index (Phi) is 4.39. The lowest BCUT2D eigenvalue weighted by Crippen LogP contribution is -2.42. The number of ether oxygens (including phenoxy) is 1. The highest BCUT2D eigenvalue weighted by Crippen LogP contribution is 2.25. The largest absolute Gasteiger partial charge is 0.481 e. The number of hydrogen-bond acceptors (Lipinski definition) is 4. The molecule has 0 saturated heterocycles. The van der Waals surface area contributed by atoms with Crippen molar-refractivity contribution in [3.05, 3.63) is 18.3 Å². The van der Waals surface area contributed by atoms with Gasteiger partial charge < -0.3 is 20.5 Å². The summed E-state index contributed by atoms with van der Waals surface area (Å²) in [4.78, 5) is 26.8. The molecule has 2 rings (SSSR count). The molecule has 0 aliphatic heterocycles. The van der Waals surface area contributed by atoms with Gasteiger partial charge in [-0.3, -0.25) is 4.79 Å². The van der Waals surface area contributed by atoms with E-state index in [9.17, 15) is 9.59 Å². The van der Waals surface area contributed by atoms with Gasteiger partial charge in [0.1, 0.15) is 0 Å². The van der Waals surface area contributed by atoms with Crippen LogP contribution in [0.1, 0.15) is 19.3 Å². The van der Waals surface area contributed by atoms with Crippen molar-refractivity contribution in [2.45, 2.75) is 25.3 Å². The fourth-order valence-electron chi connectivity index (χ4n) is 2.34. The minimum atomic E-state index is -0.862. The number of anilines is 1. The zero-order chi connectivity index (χ0) is 14.5. The molecule has 1 fully saturated rings. The van der Waals surface area contributed by atoms with Gasteiger partial charge in [-0.2, -0.15) is 0 Å². The Morgan fingerprint density at radius 3 is 2.80 bits per heavy atom. The second kappa shape index (κ2) is 6.23. The van der Waals surface area contributed by atoms with Gasteiger partial charge >= 0.3 is 12.0 Å². The van der Waals surface area contributed by atoms with Gasteiger partial charge in [0.2, 0.25) is 5.88 Å². The summed E-state index contributed by atoms with van der Waals surface area (Å²) in [7, 11) is 1.51. The summed E-state index contributed by atoms with van der Waals surface area (Å²) in [5.41, 5.74) is 0.521. The van der Waals surface area contributed by atoms with E-state index in [1.54, 1.807) is 12.1 Å². The van der Waals surface area contributed by atoms with E-state index in [1.807, 2.05) is 0 Å². The molecule has 2 atom stereocenters. The van der Waals surface area contributed by atoms with Crippen LogP contribution in [0, 0.1) is 5.92 Å². The first-order valence-electron chi connectivity index (χ1n) is 6.40. The highest BCUT2D eigenvalue weighted by atomic mass is 16.5. The SMILES string of the molecule is COc1ccc(NC(=O)NC2CCCC2C(=O)O)cn1. The first-order chi connectivity index (χ1) is 9.60. The molecule has 20 heavy (non-hydrogen) atoms. The van der Waals surface area contributed by atoms with E-state index < -0.39 is 17.9 Å². The summed E-state index contributed by atoms with van der Waals surface area (Å²) in [6.07, 6.45) is 3.57. The molecule has 0 aromatic carbocycles. The molecular weight excluding hydrogens is 262 g/mol. The van der Waals surface area contributed by atoms with Crippen molar-refractivity contribution in [2.24, 2.45) is 5.92 Å². The average Bonchev–Trinajstić information content (AvgIpc) is 2.87. The maximum atomic E-state index is 11.8. The fraction of sp³-hybridized carbons (Fsp3) is 0.462. The number of aliphatic carboxylic acids is 1. The number of methoxy groups -OCH3 is 1. The Morgan fingerprint density at radius 2 is 2.20 bits per heavy atom. The van der Waals surface area contributed by atoms with Crippen LogP contribution in [0.5, 0.6) is 5.88 Å². The number of nitrogens with zero attached hydrogens (tertiary/aromatic N) is 1. The van der Waals surface area contributed by atoms with Crippen molar-refractivity contribution in [2.75, 3.05) is 12.4 Å². The topological polar surface area (TPSA) is 101 Å². The summed E-state index contributed by atoms with van der Waals surface area (Å²) < 4.78 is 4.92. The van der Waals surface area contributed by atoms with E-state index in [0.717, 1.165) is 6.42 Å². The molecule has 1 aromatic heterocycles. The number of urea groups is 1. The Morgan fingerprint density at radius 1 is 1.40 bits per heavy atom. The lowest BCUT2D eigenvalue weighted by molar-refractivity contribution is -0.142. The second-order valence-corrected chi connectivity index (χ2v) is 4.67. The molecule has 7 nitrogen and oxygen atoms in total. The van der Waals surface area contributed by atoms with Crippen LogP contribution in [-0.4, -0.2) is 35.2 Å². The van der Waals surface area contributed by atoms with Crippen LogP contribution < -0.4 is 15.4 Å². The smallest absolute Gasteiger partial charge is 0.319 e. The standard InChI is InChI=1S/C13H17N3O4/c1-20-11-6-5-8(7-14-11)15-13(19)16-10-4-2-3-9(10)12(17)18/h5-7,9-10H,2-4H2,1H3,(H,17,18)(H2,15,16,19). The third-order valence-electron chi connectivity index (χ3n) is 3.35. The second-order valence-electron chi connectivity index (χ2n) is 4.67. The molecular formula is C13H17N3O4. The Bertz CT molecular complexity index is 489. The van der Waals surface area contributed by atoms with E-state index >= 15 is 0 Å². The minimum Gasteiger partial charge on any atom is -0.481 e. The summed E-state index contributed by atoms with van der Waals surface area (Å²) in [6, 6.07) is 2.55. The van der Waals surface area contributed by atoms with Gasteiger partial charge in [0.15, 0.2) is 0 Å². The lowest BCUT2D eigenvalue weighted by atomic mass is 10.0. The summed E-state index contributed by atoms with van der Waals surface area (Å²) in [5.74, 6) is -0.911. The molecule has 1 heterocycles. The van der Waals surface area contributed by atoms with Crippen molar-refractivity contribution in [3.8, 4) is 5.88 Å². The van der Waals surface area contributed by atoms with Crippen molar-refractivity contribution in [1.82, 2.24) is 10.3 Å². The van der Waals surface area contributed by atoms with Crippen LogP contribution in [0.3, 0.4) is 0 Å². The van der Waals surface area contributed by atoms with Crippen molar-refractivity contribution >= 4 is 17.7 Å². The quantitative estimate of drug-likeness (QED) is 0.774. The predicted octanol–water partition coefficient (Wildman–Crippen LogP) is 1.46. The highest BCUT2D eigenvalue weighted by molar-refractivity contribution is 5.89. The van der Waals surface area contributed by atoms with Gasteiger partial charge in [-0.1, -0.05) is 6.42 Å². The number of amides is 2. The van der Waals surface area contributed by atoms with Crippen molar-refractivity contribution in [3.63, 3.8) is 0 Å². The zero-order valence-electron chi connectivity index (χ0n) is 11.1. The molecule has 0 radical (unpaired) electrons. The summed E-state index contributed by atoms with van der Waals surface area (Å²) in [5, 5.41) is 14.4. The average molecular weight is 279 g/mol. The van der Waals surface area contributed by atoms with E-state index in [1.165, 1.54) is 13.3 Å².